The van der Waals surface area contributed by atoms with Gasteiger partial charge in [0.2, 0.25) is 23.6 Å². The molecule has 2 N–H and O–H groups in total. The summed E-state index contributed by atoms with van der Waals surface area (Å²) in [5.74, 6) is -7.45. The number of carbonyl (C=O) groups is 5. The van der Waals surface area contributed by atoms with Crippen LogP contribution in [0.25, 0.3) is 10.8 Å². The van der Waals surface area contributed by atoms with E-state index in [1.807, 2.05) is 18.2 Å². The maximum absolute atomic E-state index is 14.6. The number of benzene rings is 3. The van der Waals surface area contributed by atoms with Crippen LogP contribution in [0.4, 0.5) is 10.1 Å². The van der Waals surface area contributed by atoms with Gasteiger partial charge < -0.3 is 10.2 Å². The highest BCUT2D eigenvalue weighted by atomic mass is 35.5. The van der Waals surface area contributed by atoms with Crippen molar-refractivity contribution in [2.45, 2.75) is 32.1 Å². The number of phenolic OH excluding ortho intramolecular Hbond substituents is 1. The third kappa shape index (κ3) is 4.08. The Kier molecular flexibility index (Phi) is 6.63. The number of nitrogens with zero attached hydrogens (tertiary/aromatic N) is 2. The van der Waals surface area contributed by atoms with Crippen LogP contribution in [0.5, 0.6) is 5.75 Å². The molecule has 3 fully saturated rings. The van der Waals surface area contributed by atoms with Crippen molar-refractivity contribution in [2.75, 3.05) is 11.4 Å². The Balaban J connectivity index is 1.41. The number of carbonyl (C=O) groups excluding carboxylic acids is 4. The van der Waals surface area contributed by atoms with Gasteiger partial charge in [0.25, 0.3) is 0 Å². The molecule has 0 bridgehead atoms. The number of rotatable bonds is 5. The van der Waals surface area contributed by atoms with Crippen molar-refractivity contribution < 1.29 is 38.6 Å². The van der Waals surface area contributed by atoms with Gasteiger partial charge in [-0.1, -0.05) is 53.6 Å². The molecule has 0 spiro atoms. The second-order valence-electron chi connectivity index (χ2n) is 12.5. The molecule has 1 saturated carbocycles. The van der Waals surface area contributed by atoms with E-state index in [4.69, 9.17) is 11.6 Å². The molecule has 11 heteroatoms. The van der Waals surface area contributed by atoms with E-state index < -0.39 is 70.4 Å². The molecule has 4 aliphatic rings. The summed E-state index contributed by atoms with van der Waals surface area (Å²) in [6, 6.07) is 14.1. The van der Waals surface area contributed by atoms with Crippen molar-refractivity contribution in [1.82, 2.24) is 4.90 Å². The highest BCUT2D eigenvalue weighted by Crippen LogP contribution is 2.64. The summed E-state index contributed by atoms with van der Waals surface area (Å²) in [5, 5.41) is 20.9. The molecule has 2 aliphatic heterocycles. The van der Waals surface area contributed by atoms with Gasteiger partial charge in [-0.05, 0) is 60.9 Å². The molecule has 6 unspecified atom stereocenters. The van der Waals surface area contributed by atoms with E-state index in [0.29, 0.717) is 16.3 Å². The minimum Gasteiger partial charge on any atom is -0.507 e. The summed E-state index contributed by atoms with van der Waals surface area (Å²) in [5.41, 5.74) is 0.224. The predicted octanol–water partition coefficient (Wildman–Crippen LogP) is 5.04. The fourth-order valence-electron chi connectivity index (χ4n) is 8.28. The van der Waals surface area contributed by atoms with Crippen molar-refractivity contribution in [2.24, 2.45) is 29.1 Å². The normalized spacial score (nSPS) is 29.1. The van der Waals surface area contributed by atoms with Crippen molar-refractivity contribution in [3.63, 3.8) is 0 Å². The number of carboxylic acid groups (broad SMARTS) is 1. The molecule has 0 radical (unpaired) electrons. The number of allylic oxidation sites excluding steroid dienone is 2. The van der Waals surface area contributed by atoms with Gasteiger partial charge in [-0.25, -0.2) is 9.29 Å². The van der Waals surface area contributed by atoms with Crippen molar-refractivity contribution in [1.29, 1.82) is 0 Å². The number of amides is 4. The van der Waals surface area contributed by atoms with Crippen LogP contribution in [0.15, 0.2) is 66.2 Å². The molecule has 9 nitrogen and oxygen atoms in total. The molecule has 2 saturated heterocycles. The lowest BCUT2D eigenvalue weighted by Crippen LogP contribution is -2.49. The fraction of sp³-hybridized carbons (Fsp3) is 0.324. The van der Waals surface area contributed by atoms with E-state index in [0.717, 1.165) is 21.4 Å². The standard InChI is InChI=1S/C34H28ClFN2O7/c1-34-23(31(43)38(33(34)45)16-6-10-25(36)24(35)14-16)15-22-20(29(34)19-9-11-26(39)18-5-3-2-4-17(18)19)7-8-21-28(22)32(44)37(30(21)42)13-12-27(40)41/h2-7,9-11,14,21-23,28-29,39H,8,12-13,15H2,1H3,(H,40,41). The monoisotopic (exact) mass is 630 g/mol. The van der Waals surface area contributed by atoms with Crippen molar-refractivity contribution in [3.8, 4) is 5.75 Å². The largest absolute Gasteiger partial charge is 0.507 e. The van der Waals surface area contributed by atoms with Crippen molar-refractivity contribution in [3.05, 3.63) is 82.6 Å². The van der Waals surface area contributed by atoms with Gasteiger partial charge in [0.15, 0.2) is 0 Å². The molecule has 7 rings (SSSR count). The van der Waals surface area contributed by atoms with E-state index in [1.165, 1.54) is 12.1 Å². The van der Waals surface area contributed by atoms with Gasteiger partial charge in [0.1, 0.15) is 11.6 Å². The molecule has 45 heavy (non-hydrogen) atoms. The number of anilines is 1. The summed E-state index contributed by atoms with van der Waals surface area (Å²) in [4.78, 5) is 69.4. The van der Waals surface area contributed by atoms with Crippen LogP contribution in [-0.2, 0) is 24.0 Å². The number of hydrogen-bond donors (Lipinski definition) is 2. The van der Waals surface area contributed by atoms with Crippen LogP contribution in [0.1, 0.15) is 37.7 Å². The molecular weight excluding hydrogens is 603 g/mol. The number of halogens is 2. The maximum atomic E-state index is 14.6. The summed E-state index contributed by atoms with van der Waals surface area (Å²) < 4.78 is 14.1. The lowest BCUT2D eigenvalue weighted by atomic mass is 9.51. The molecule has 230 valence electrons. The highest BCUT2D eigenvalue weighted by molar-refractivity contribution is 6.31. The van der Waals surface area contributed by atoms with Gasteiger partial charge in [-0.15, -0.1) is 0 Å². The Bertz CT molecular complexity index is 1890. The smallest absolute Gasteiger partial charge is 0.305 e. The number of phenols is 1. The van der Waals surface area contributed by atoms with E-state index in [9.17, 15) is 38.6 Å². The maximum Gasteiger partial charge on any atom is 0.305 e. The fourth-order valence-corrected chi connectivity index (χ4v) is 8.46. The molecule has 4 amide bonds. The zero-order valence-corrected chi connectivity index (χ0v) is 24.8. The second-order valence-corrected chi connectivity index (χ2v) is 12.9. The molecule has 2 heterocycles. The topological polar surface area (TPSA) is 132 Å². The number of imide groups is 2. The van der Waals surface area contributed by atoms with Gasteiger partial charge in [-0.3, -0.25) is 28.9 Å². The van der Waals surface area contributed by atoms with Crippen LogP contribution in [0.2, 0.25) is 5.02 Å². The Morgan fingerprint density at radius 3 is 2.44 bits per heavy atom. The predicted molar refractivity (Wildman–Crippen MR) is 161 cm³/mol. The first-order valence-corrected chi connectivity index (χ1v) is 15.1. The average molecular weight is 631 g/mol. The van der Waals surface area contributed by atoms with Gasteiger partial charge in [0.05, 0.1) is 40.3 Å². The summed E-state index contributed by atoms with van der Waals surface area (Å²) >= 11 is 6.06. The SMILES string of the molecule is CC12C(=O)N(c3ccc(F)c(Cl)c3)C(=O)C1CC1C(=CCC3C(=O)N(CCC(=O)O)C(=O)C31)C2c1ccc(O)c2ccccc12. The third-order valence-electron chi connectivity index (χ3n) is 10.3. The Morgan fingerprint density at radius 1 is 1.00 bits per heavy atom. The first-order valence-electron chi connectivity index (χ1n) is 14.8. The summed E-state index contributed by atoms with van der Waals surface area (Å²) in [6.07, 6.45) is 1.85. The van der Waals surface area contributed by atoms with Gasteiger partial charge in [0, 0.05) is 17.8 Å². The number of hydrogen-bond acceptors (Lipinski definition) is 6. The van der Waals surface area contributed by atoms with E-state index >= 15 is 0 Å². The van der Waals surface area contributed by atoms with Crippen LogP contribution < -0.4 is 4.90 Å². The molecule has 2 aliphatic carbocycles. The van der Waals surface area contributed by atoms with Gasteiger partial charge >= 0.3 is 5.97 Å². The van der Waals surface area contributed by atoms with Crippen LogP contribution in [0, 0.1) is 34.9 Å². The Morgan fingerprint density at radius 2 is 1.73 bits per heavy atom. The third-order valence-corrected chi connectivity index (χ3v) is 10.6. The number of carboxylic acids is 1. The minimum absolute atomic E-state index is 0.0446. The second kappa shape index (κ2) is 10.2. The average Bonchev–Trinajstić information content (AvgIpc) is 3.37. The lowest BCUT2D eigenvalue weighted by Gasteiger charge is -2.49. The van der Waals surface area contributed by atoms with Gasteiger partial charge in [-0.2, -0.15) is 0 Å². The van der Waals surface area contributed by atoms with E-state index in [-0.39, 0.29) is 42.3 Å². The summed E-state index contributed by atoms with van der Waals surface area (Å²) in [6.45, 7) is 1.49. The quantitative estimate of drug-likeness (QED) is 0.298. The highest BCUT2D eigenvalue weighted by Gasteiger charge is 2.67. The molecule has 0 aromatic heterocycles. The first-order chi connectivity index (χ1) is 21.4. The molecule has 3 aromatic rings. The summed E-state index contributed by atoms with van der Waals surface area (Å²) in [7, 11) is 0. The van der Waals surface area contributed by atoms with Crippen LogP contribution in [0.3, 0.4) is 0 Å². The minimum atomic E-state index is -1.35. The number of aliphatic carboxylic acids is 1. The zero-order valence-electron chi connectivity index (χ0n) is 24.1. The molecule has 3 aromatic carbocycles. The zero-order chi connectivity index (χ0) is 31.9. The first kappa shape index (κ1) is 29.2. The van der Waals surface area contributed by atoms with E-state index in [2.05, 4.69) is 0 Å². The van der Waals surface area contributed by atoms with Crippen LogP contribution >= 0.6 is 11.6 Å². The number of likely N-dealkylation sites (tertiary alicyclic amines) is 1. The van der Waals surface area contributed by atoms with E-state index in [1.54, 1.807) is 31.2 Å². The molecular formula is C34H28ClFN2O7. The van der Waals surface area contributed by atoms with Crippen LogP contribution in [-0.4, -0.2) is 51.3 Å². The Labute approximate surface area is 261 Å². The van der Waals surface area contributed by atoms with Crippen molar-refractivity contribution >= 4 is 57.7 Å². The number of aromatic hydroxyl groups is 1. The lowest BCUT2D eigenvalue weighted by molar-refractivity contribution is -0.142. The molecule has 6 atom stereocenters. The number of fused-ring (bicyclic) bond motifs is 5. The Hall–Kier alpha value is -4.57.